The maximum absolute atomic E-state index is 12.8. The average molecular weight is 424 g/mol. The average Bonchev–Trinajstić information content (AvgIpc) is 2.83. The SMILES string of the molecule is O=C(NCCCCC(C(=O)NN=Cc1cccnc1)N1CCOCC1)c1ccccc1. The van der Waals surface area contributed by atoms with Crippen LogP contribution >= 0.6 is 0 Å². The molecule has 0 bridgehead atoms. The van der Waals surface area contributed by atoms with Gasteiger partial charge in [0, 0.05) is 43.2 Å². The van der Waals surface area contributed by atoms with Gasteiger partial charge in [-0.25, -0.2) is 5.43 Å². The molecule has 2 heterocycles. The summed E-state index contributed by atoms with van der Waals surface area (Å²) in [6.07, 6.45) is 7.25. The van der Waals surface area contributed by atoms with Crippen molar-refractivity contribution in [3.63, 3.8) is 0 Å². The second kappa shape index (κ2) is 12.6. The zero-order valence-electron chi connectivity index (χ0n) is 17.6. The summed E-state index contributed by atoms with van der Waals surface area (Å²) in [7, 11) is 0. The molecule has 1 aromatic heterocycles. The number of nitrogens with zero attached hydrogens (tertiary/aromatic N) is 3. The van der Waals surface area contributed by atoms with Crippen LogP contribution in [0.1, 0.15) is 35.2 Å². The van der Waals surface area contributed by atoms with Crippen molar-refractivity contribution in [1.82, 2.24) is 20.6 Å². The Kier molecular flexibility index (Phi) is 9.15. The fourth-order valence-corrected chi connectivity index (χ4v) is 3.42. The second-order valence-electron chi connectivity index (χ2n) is 7.30. The van der Waals surface area contributed by atoms with Gasteiger partial charge >= 0.3 is 0 Å². The predicted octanol–water partition coefficient (Wildman–Crippen LogP) is 1.83. The molecule has 0 aliphatic carbocycles. The molecule has 1 aliphatic rings. The minimum Gasteiger partial charge on any atom is -0.379 e. The van der Waals surface area contributed by atoms with Gasteiger partial charge in [0.1, 0.15) is 0 Å². The summed E-state index contributed by atoms with van der Waals surface area (Å²) in [5, 5.41) is 7.01. The van der Waals surface area contributed by atoms with Gasteiger partial charge in [-0.1, -0.05) is 24.3 Å². The molecule has 1 aromatic carbocycles. The van der Waals surface area contributed by atoms with Crippen molar-refractivity contribution in [3.05, 3.63) is 66.0 Å². The van der Waals surface area contributed by atoms with Gasteiger partial charge in [0.15, 0.2) is 0 Å². The number of morpholine rings is 1. The van der Waals surface area contributed by atoms with E-state index in [9.17, 15) is 9.59 Å². The van der Waals surface area contributed by atoms with Crippen molar-refractivity contribution in [2.45, 2.75) is 25.3 Å². The van der Waals surface area contributed by atoms with E-state index in [1.165, 1.54) is 0 Å². The number of unbranched alkanes of at least 4 members (excludes halogenated alkanes) is 1. The zero-order valence-corrected chi connectivity index (χ0v) is 17.6. The zero-order chi connectivity index (χ0) is 21.7. The Bertz CT molecular complexity index is 839. The van der Waals surface area contributed by atoms with Crippen molar-refractivity contribution in [2.24, 2.45) is 5.10 Å². The van der Waals surface area contributed by atoms with Crippen LogP contribution in [-0.4, -0.2) is 66.8 Å². The number of nitrogens with one attached hydrogen (secondary N) is 2. The lowest BCUT2D eigenvalue weighted by molar-refractivity contribution is -0.128. The number of hydrazone groups is 1. The lowest BCUT2D eigenvalue weighted by atomic mass is 10.1. The van der Waals surface area contributed by atoms with Crippen molar-refractivity contribution >= 4 is 18.0 Å². The third kappa shape index (κ3) is 7.58. The van der Waals surface area contributed by atoms with E-state index in [0.717, 1.165) is 31.5 Å². The van der Waals surface area contributed by atoms with E-state index in [0.29, 0.717) is 31.7 Å². The normalized spacial score (nSPS) is 15.5. The number of carbonyl (C=O) groups excluding carboxylic acids is 2. The number of pyridine rings is 1. The molecule has 1 saturated heterocycles. The van der Waals surface area contributed by atoms with E-state index in [-0.39, 0.29) is 17.9 Å². The number of benzene rings is 1. The molecule has 0 saturated carbocycles. The molecule has 0 radical (unpaired) electrons. The Morgan fingerprint density at radius 3 is 2.68 bits per heavy atom. The topological polar surface area (TPSA) is 95.9 Å². The number of carbonyl (C=O) groups is 2. The molecule has 8 heteroatoms. The largest absolute Gasteiger partial charge is 0.379 e. The number of ether oxygens (including phenoxy) is 1. The van der Waals surface area contributed by atoms with Gasteiger partial charge in [0.05, 0.1) is 25.5 Å². The van der Waals surface area contributed by atoms with E-state index >= 15 is 0 Å². The summed E-state index contributed by atoms with van der Waals surface area (Å²) in [5.74, 6) is -0.205. The Hall–Kier alpha value is -3.10. The van der Waals surface area contributed by atoms with Crippen LogP contribution in [0.4, 0.5) is 0 Å². The lowest BCUT2D eigenvalue weighted by Gasteiger charge is -2.33. The number of aromatic nitrogens is 1. The van der Waals surface area contributed by atoms with Gasteiger partial charge in [0.2, 0.25) is 0 Å². The van der Waals surface area contributed by atoms with Gasteiger partial charge in [-0.05, 0) is 37.5 Å². The predicted molar refractivity (Wildman–Crippen MR) is 119 cm³/mol. The van der Waals surface area contributed by atoms with Crippen LogP contribution in [0.15, 0.2) is 60.0 Å². The molecule has 2 aromatic rings. The maximum Gasteiger partial charge on any atom is 0.257 e. The summed E-state index contributed by atoms with van der Waals surface area (Å²) in [6, 6.07) is 12.6. The van der Waals surface area contributed by atoms with Gasteiger partial charge < -0.3 is 10.1 Å². The van der Waals surface area contributed by atoms with Crippen LogP contribution < -0.4 is 10.7 Å². The Balaban J connectivity index is 1.46. The Morgan fingerprint density at radius 1 is 1.13 bits per heavy atom. The van der Waals surface area contributed by atoms with E-state index in [1.54, 1.807) is 30.7 Å². The van der Waals surface area contributed by atoms with Crippen molar-refractivity contribution < 1.29 is 14.3 Å². The van der Waals surface area contributed by atoms with Crippen molar-refractivity contribution in [1.29, 1.82) is 0 Å². The van der Waals surface area contributed by atoms with Crippen LogP contribution in [0.3, 0.4) is 0 Å². The Labute approximate surface area is 182 Å². The van der Waals surface area contributed by atoms with Crippen molar-refractivity contribution in [2.75, 3.05) is 32.8 Å². The highest BCUT2D eigenvalue weighted by atomic mass is 16.5. The summed E-state index contributed by atoms with van der Waals surface area (Å²) in [6.45, 7) is 3.25. The van der Waals surface area contributed by atoms with Crippen LogP contribution in [0.2, 0.25) is 0 Å². The number of amides is 2. The molecule has 3 rings (SSSR count). The van der Waals surface area contributed by atoms with E-state index in [1.807, 2.05) is 30.3 Å². The van der Waals surface area contributed by atoms with Crippen LogP contribution in [0, 0.1) is 0 Å². The van der Waals surface area contributed by atoms with Crippen LogP contribution in [0.25, 0.3) is 0 Å². The number of hydrogen-bond acceptors (Lipinski definition) is 6. The smallest absolute Gasteiger partial charge is 0.257 e. The molecule has 31 heavy (non-hydrogen) atoms. The molecule has 2 N–H and O–H groups in total. The van der Waals surface area contributed by atoms with Gasteiger partial charge in [-0.15, -0.1) is 0 Å². The lowest BCUT2D eigenvalue weighted by Crippen LogP contribution is -2.50. The molecule has 1 aliphatic heterocycles. The van der Waals surface area contributed by atoms with Gasteiger partial charge in [-0.3, -0.25) is 19.5 Å². The first-order valence-electron chi connectivity index (χ1n) is 10.6. The van der Waals surface area contributed by atoms with Crippen LogP contribution in [0.5, 0.6) is 0 Å². The highest BCUT2D eigenvalue weighted by Crippen LogP contribution is 2.12. The highest BCUT2D eigenvalue weighted by molar-refractivity contribution is 5.94. The summed E-state index contributed by atoms with van der Waals surface area (Å²) in [5.41, 5.74) is 4.13. The second-order valence-corrected chi connectivity index (χ2v) is 7.30. The third-order valence-electron chi connectivity index (χ3n) is 5.09. The first kappa shape index (κ1) is 22.6. The monoisotopic (exact) mass is 423 g/mol. The van der Waals surface area contributed by atoms with Crippen LogP contribution in [-0.2, 0) is 9.53 Å². The molecule has 8 nitrogen and oxygen atoms in total. The molecule has 0 spiro atoms. The fourth-order valence-electron chi connectivity index (χ4n) is 3.42. The van der Waals surface area contributed by atoms with Gasteiger partial charge in [0.25, 0.3) is 11.8 Å². The van der Waals surface area contributed by atoms with E-state index in [2.05, 4.69) is 25.7 Å². The highest BCUT2D eigenvalue weighted by Gasteiger charge is 2.26. The molecule has 164 valence electrons. The molecule has 2 amide bonds. The third-order valence-corrected chi connectivity index (χ3v) is 5.09. The van der Waals surface area contributed by atoms with Crippen molar-refractivity contribution in [3.8, 4) is 0 Å². The summed E-state index contributed by atoms with van der Waals surface area (Å²) in [4.78, 5) is 31.1. The number of rotatable bonds is 10. The van der Waals surface area contributed by atoms with E-state index < -0.39 is 0 Å². The minimum absolute atomic E-state index is 0.0761. The molecular weight excluding hydrogens is 394 g/mol. The quantitative estimate of drug-likeness (QED) is 0.345. The first-order chi connectivity index (χ1) is 15.2. The van der Waals surface area contributed by atoms with Gasteiger partial charge in [-0.2, -0.15) is 5.10 Å². The molecular formula is C23H29N5O3. The molecule has 1 fully saturated rings. The fraction of sp³-hybridized carbons (Fsp3) is 0.391. The summed E-state index contributed by atoms with van der Waals surface area (Å²) < 4.78 is 5.42. The molecule has 1 atom stereocenters. The minimum atomic E-state index is -0.278. The summed E-state index contributed by atoms with van der Waals surface area (Å²) >= 11 is 0. The first-order valence-corrected chi connectivity index (χ1v) is 10.6. The Morgan fingerprint density at radius 2 is 1.94 bits per heavy atom. The maximum atomic E-state index is 12.8. The number of hydrogen-bond donors (Lipinski definition) is 2. The standard InChI is InChI=1S/C23H29N5O3/c29-22(20-8-2-1-3-9-20)25-12-5-4-10-21(28-13-15-31-16-14-28)23(30)27-26-18-19-7-6-11-24-17-19/h1-3,6-9,11,17-18,21H,4-5,10,12-16H2,(H,25,29)(H,27,30). The molecule has 1 unspecified atom stereocenters. The van der Waals surface area contributed by atoms with E-state index in [4.69, 9.17) is 4.74 Å².